The normalized spacial score (nSPS) is 13.2. The molecule has 1 aromatic carbocycles. The predicted octanol–water partition coefficient (Wildman–Crippen LogP) is 1.99. The van der Waals surface area contributed by atoms with Gasteiger partial charge in [0.1, 0.15) is 0 Å². The maximum absolute atomic E-state index is 12.0. The number of nitrogens with one attached hydrogen (secondary N) is 1. The average molecular weight is 301 g/mol. The van der Waals surface area contributed by atoms with Crippen molar-refractivity contribution in [3.05, 3.63) is 29.8 Å². The van der Waals surface area contributed by atoms with Crippen molar-refractivity contribution in [2.75, 3.05) is 6.61 Å². The van der Waals surface area contributed by atoms with Crippen LogP contribution in [0.4, 0.5) is 4.79 Å². The number of rotatable bonds is 6. The lowest BCUT2D eigenvalue weighted by Gasteiger charge is -2.20. The molecule has 0 spiro atoms. The third-order valence-corrected chi connectivity index (χ3v) is 4.12. The van der Waals surface area contributed by atoms with Crippen LogP contribution in [-0.2, 0) is 14.3 Å². The molecule has 0 bridgehead atoms. The van der Waals surface area contributed by atoms with Crippen LogP contribution in [0.5, 0.6) is 0 Å². The molecule has 7 heteroatoms. The first-order valence-electron chi connectivity index (χ1n) is 6.18. The summed E-state index contributed by atoms with van der Waals surface area (Å²) in [5.41, 5.74) is 0.941. The molecule has 1 amide bonds. The molecular weight excluding hydrogens is 282 g/mol. The first-order valence-corrected chi connectivity index (χ1v) is 7.59. The Kier molecular flexibility index (Phi) is 5.52. The van der Waals surface area contributed by atoms with E-state index < -0.39 is 22.3 Å². The van der Waals surface area contributed by atoms with Gasteiger partial charge >= 0.3 is 6.09 Å². The summed E-state index contributed by atoms with van der Waals surface area (Å²) in [6, 6.07) is 5.67. The van der Waals surface area contributed by atoms with Gasteiger partial charge in [-0.1, -0.05) is 31.5 Å². The van der Waals surface area contributed by atoms with E-state index >= 15 is 0 Å². The molecule has 0 saturated heterocycles. The summed E-state index contributed by atoms with van der Waals surface area (Å²) < 4.78 is 28.8. The Morgan fingerprint density at radius 3 is 2.30 bits per heavy atom. The highest BCUT2D eigenvalue weighted by Gasteiger charge is 2.21. The molecule has 1 unspecified atom stereocenters. The van der Waals surface area contributed by atoms with E-state index in [0.717, 1.165) is 5.56 Å². The second kappa shape index (κ2) is 6.71. The van der Waals surface area contributed by atoms with Gasteiger partial charge in [0.05, 0.1) is 17.5 Å². The van der Waals surface area contributed by atoms with Crippen molar-refractivity contribution in [3.8, 4) is 0 Å². The summed E-state index contributed by atoms with van der Waals surface area (Å²) in [5, 5.41) is 10.9. The fraction of sp³-hybridized carbons (Fsp3) is 0.462. The lowest BCUT2D eigenvalue weighted by molar-refractivity contribution is 0.173. The van der Waals surface area contributed by atoms with Gasteiger partial charge in [0, 0.05) is 0 Å². The first-order chi connectivity index (χ1) is 9.22. The van der Waals surface area contributed by atoms with Crippen LogP contribution < -0.4 is 5.32 Å². The molecule has 0 aliphatic rings. The van der Waals surface area contributed by atoms with Crippen molar-refractivity contribution < 1.29 is 22.5 Å². The van der Waals surface area contributed by atoms with Crippen LogP contribution in [0.15, 0.2) is 29.2 Å². The van der Waals surface area contributed by atoms with E-state index in [-0.39, 0.29) is 17.4 Å². The van der Waals surface area contributed by atoms with Gasteiger partial charge in [-0.2, -0.15) is 8.42 Å². The lowest BCUT2D eigenvalue weighted by Crippen LogP contribution is -2.41. The molecule has 20 heavy (non-hydrogen) atoms. The van der Waals surface area contributed by atoms with Gasteiger partial charge in [0.25, 0.3) is 10.1 Å². The molecule has 0 aliphatic heterocycles. The van der Waals surface area contributed by atoms with Crippen LogP contribution in [0.1, 0.15) is 19.4 Å². The third-order valence-electron chi connectivity index (χ3n) is 2.83. The molecule has 0 heterocycles. The summed E-state index contributed by atoms with van der Waals surface area (Å²) in [4.78, 5) is 10.7. The largest absolute Gasteiger partial charge is 0.465 e. The van der Waals surface area contributed by atoms with Crippen LogP contribution in [0.2, 0.25) is 0 Å². The zero-order chi connectivity index (χ0) is 15.3. The molecule has 0 saturated carbocycles. The third kappa shape index (κ3) is 4.82. The maximum atomic E-state index is 12.0. The summed E-state index contributed by atoms with van der Waals surface area (Å²) in [6.07, 6.45) is -1.21. The van der Waals surface area contributed by atoms with Crippen molar-refractivity contribution in [2.24, 2.45) is 5.92 Å². The van der Waals surface area contributed by atoms with Gasteiger partial charge in [-0.05, 0) is 25.0 Å². The zero-order valence-electron chi connectivity index (χ0n) is 11.7. The molecule has 1 rings (SSSR count). The van der Waals surface area contributed by atoms with Crippen LogP contribution in [0.25, 0.3) is 0 Å². The number of hydrogen-bond acceptors (Lipinski definition) is 4. The Morgan fingerprint density at radius 2 is 1.85 bits per heavy atom. The van der Waals surface area contributed by atoms with E-state index in [2.05, 4.69) is 5.32 Å². The van der Waals surface area contributed by atoms with Crippen LogP contribution in [0, 0.1) is 12.8 Å². The highest BCUT2D eigenvalue weighted by Crippen LogP contribution is 2.14. The number of aryl methyl sites for hydroxylation is 1. The van der Waals surface area contributed by atoms with E-state index in [4.69, 9.17) is 9.29 Å². The number of amides is 1. The minimum atomic E-state index is -3.87. The Labute approximate surface area is 118 Å². The van der Waals surface area contributed by atoms with Gasteiger partial charge in [0.15, 0.2) is 0 Å². The highest BCUT2D eigenvalue weighted by atomic mass is 32.2. The van der Waals surface area contributed by atoms with Crippen molar-refractivity contribution in [1.82, 2.24) is 5.32 Å². The molecule has 0 aliphatic carbocycles. The Balaban J connectivity index is 2.75. The fourth-order valence-corrected chi connectivity index (χ4v) is 2.43. The highest BCUT2D eigenvalue weighted by molar-refractivity contribution is 7.86. The second-order valence-corrected chi connectivity index (χ2v) is 6.47. The minimum absolute atomic E-state index is 0.0564. The van der Waals surface area contributed by atoms with Gasteiger partial charge in [-0.3, -0.25) is 4.18 Å². The second-order valence-electron chi connectivity index (χ2n) is 4.85. The molecule has 0 radical (unpaired) electrons. The van der Waals surface area contributed by atoms with Crippen LogP contribution in [0.3, 0.4) is 0 Å². The number of carboxylic acid groups (broad SMARTS) is 1. The Morgan fingerprint density at radius 1 is 1.30 bits per heavy atom. The summed E-state index contributed by atoms with van der Waals surface area (Å²) in [5.74, 6) is -0.0840. The van der Waals surface area contributed by atoms with Crippen molar-refractivity contribution in [1.29, 1.82) is 0 Å². The van der Waals surface area contributed by atoms with Crippen molar-refractivity contribution in [2.45, 2.75) is 31.7 Å². The monoisotopic (exact) mass is 301 g/mol. The van der Waals surface area contributed by atoms with E-state index in [1.807, 2.05) is 6.92 Å². The van der Waals surface area contributed by atoms with E-state index in [0.29, 0.717) is 0 Å². The summed E-state index contributed by atoms with van der Waals surface area (Å²) in [6.45, 7) is 5.17. The molecule has 1 atom stereocenters. The standard InChI is InChI=1S/C13H19NO5S/c1-9(2)12(14-13(15)16)8-19-20(17,18)11-6-4-10(3)5-7-11/h4-7,9,12,14H,8H2,1-3H3,(H,15,16). The summed E-state index contributed by atoms with van der Waals surface area (Å²) in [7, 11) is -3.87. The quantitative estimate of drug-likeness (QED) is 0.784. The summed E-state index contributed by atoms with van der Waals surface area (Å²) >= 11 is 0. The first kappa shape index (κ1) is 16.5. The topological polar surface area (TPSA) is 92.7 Å². The minimum Gasteiger partial charge on any atom is -0.465 e. The molecule has 0 aromatic heterocycles. The van der Waals surface area contributed by atoms with Crippen molar-refractivity contribution in [3.63, 3.8) is 0 Å². The zero-order valence-corrected chi connectivity index (χ0v) is 12.5. The van der Waals surface area contributed by atoms with Crippen LogP contribution in [-0.4, -0.2) is 32.3 Å². The molecular formula is C13H19NO5S. The molecule has 112 valence electrons. The number of carbonyl (C=O) groups is 1. The SMILES string of the molecule is Cc1ccc(S(=O)(=O)OCC(NC(=O)O)C(C)C)cc1. The number of benzene rings is 1. The Hall–Kier alpha value is -1.60. The lowest BCUT2D eigenvalue weighted by atomic mass is 10.1. The van der Waals surface area contributed by atoms with E-state index in [1.54, 1.807) is 26.0 Å². The molecule has 2 N–H and O–H groups in total. The van der Waals surface area contributed by atoms with Gasteiger partial charge < -0.3 is 10.4 Å². The molecule has 6 nitrogen and oxygen atoms in total. The average Bonchev–Trinajstić information content (AvgIpc) is 2.34. The van der Waals surface area contributed by atoms with Gasteiger partial charge in [0.2, 0.25) is 0 Å². The van der Waals surface area contributed by atoms with Crippen molar-refractivity contribution >= 4 is 16.2 Å². The maximum Gasteiger partial charge on any atom is 0.404 e. The molecule has 0 fully saturated rings. The predicted molar refractivity (Wildman–Crippen MR) is 74.1 cm³/mol. The molecule has 1 aromatic rings. The van der Waals surface area contributed by atoms with E-state index in [1.165, 1.54) is 12.1 Å². The van der Waals surface area contributed by atoms with Gasteiger partial charge in [-0.15, -0.1) is 0 Å². The Bertz CT molecular complexity index is 551. The van der Waals surface area contributed by atoms with Crippen LogP contribution >= 0.6 is 0 Å². The van der Waals surface area contributed by atoms with E-state index in [9.17, 15) is 13.2 Å². The fourth-order valence-electron chi connectivity index (χ4n) is 1.50. The number of hydrogen-bond donors (Lipinski definition) is 2. The van der Waals surface area contributed by atoms with Gasteiger partial charge in [-0.25, -0.2) is 4.79 Å². The smallest absolute Gasteiger partial charge is 0.404 e.